The Hall–Kier alpha value is -2.11. The largest absolute Gasteiger partial charge is 0.397 e. The molecule has 0 aliphatic heterocycles. The summed E-state index contributed by atoms with van der Waals surface area (Å²) < 4.78 is 0. The molecule has 2 aromatic rings. The zero-order valence-corrected chi connectivity index (χ0v) is 8.37. The number of hydrogen-bond acceptors (Lipinski definition) is 4. The number of fused-ring (bicyclic) bond motifs is 1. The van der Waals surface area contributed by atoms with Gasteiger partial charge in [0.2, 0.25) is 0 Å². The highest BCUT2D eigenvalue weighted by atomic mass is 16.6. The highest BCUT2D eigenvalue weighted by Crippen LogP contribution is 2.34. The van der Waals surface area contributed by atoms with Crippen molar-refractivity contribution in [1.29, 1.82) is 0 Å². The summed E-state index contributed by atoms with van der Waals surface area (Å²) in [5.41, 5.74) is 8.52. The number of nitrogens with zero attached hydrogens (tertiary/aromatic N) is 2. The molecule has 1 aromatic carbocycles. The van der Waals surface area contributed by atoms with Crippen LogP contribution in [0.1, 0.15) is 11.1 Å². The number of nitro benzene ring substituents is 1. The maximum atomic E-state index is 10.9. The fourth-order valence-electron chi connectivity index (χ4n) is 1.65. The second kappa shape index (κ2) is 2.94. The standard InChI is InChI=1S/C9H10N4O2/c1-4-5(2)9(13(14)15)8-7(6(4)10)11-3-12-8/h3H,10H2,1-2H3,(H,11,12). The van der Waals surface area contributed by atoms with Crippen LogP contribution in [0.5, 0.6) is 0 Å². The molecule has 0 unspecified atom stereocenters. The number of nitro groups is 1. The number of anilines is 1. The molecule has 0 saturated carbocycles. The van der Waals surface area contributed by atoms with E-state index in [2.05, 4.69) is 9.97 Å². The lowest BCUT2D eigenvalue weighted by molar-refractivity contribution is -0.383. The van der Waals surface area contributed by atoms with Crippen molar-refractivity contribution in [3.05, 3.63) is 27.6 Å². The minimum atomic E-state index is -0.426. The van der Waals surface area contributed by atoms with E-state index >= 15 is 0 Å². The predicted octanol–water partition coefficient (Wildman–Crippen LogP) is 1.67. The van der Waals surface area contributed by atoms with Crippen molar-refractivity contribution >= 4 is 22.4 Å². The average molecular weight is 206 g/mol. The van der Waals surface area contributed by atoms with E-state index in [1.165, 1.54) is 6.33 Å². The van der Waals surface area contributed by atoms with Gasteiger partial charge in [0.25, 0.3) is 5.69 Å². The molecule has 0 bridgehead atoms. The van der Waals surface area contributed by atoms with Crippen LogP contribution in [0.4, 0.5) is 11.4 Å². The Labute approximate surface area is 85.3 Å². The minimum Gasteiger partial charge on any atom is -0.397 e. The number of benzene rings is 1. The van der Waals surface area contributed by atoms with E-state index in [1.807, 2.05) is 0 Å². The van der Waals surface area contributed by atoms with Gasteiger partial charge in [-0.05, 0) is 19.4 Å². The third kappa shape index (κ3) is 1.14. The first-order valence-corrected chi connectivity index (χ1v) is 4.40. The second-order valence-electron chi connectivity index (χ2n) is 3.40. The van der Waals surface area contributed by atoms with Crippen molar-refractivity contribution in [2.24, 2.45) is 0 Å². The van der Waals surface area contributed by atoms with Crippen molar-refractivity contribution in [2.45, 2.75) is 13.8 Å². The van der Waals surface area contributed by atoms with Gasteiger partial charge in [0.1, 0.15) is 0 Å². The van der Waals surface area contributed by atoms with Crippen molar-refractivity contribution in [3.8, 4) is 0 Å². The maximum Gasteiger partial charge on any atom is 0.300 e. The van der Waals surface area contributed by atoms with Crippen LogP contribution < -0.4 is 5.73 Å². The summed E-state index contributed by atoms with van der Waals surface area (Å²) in [6.07, 6.45) is 1.41. The van der Waals surface area contributed by atoms with Crippen molar-refractivity contribution < 1.29 is 4.92 Å². The summed E-state index contributed by atoms with van der Waals surface area (Å²) >= 11 is 0. The predicted molar refractivity (Wildman–Crippen MR) is 56.6 cm³/mol. The molecule has 0 aliphatic rings. The fourth-order valence-corrected chi connectivity index (χ4v) is 1.65. The smallest absolute Gasteiger partial charge is 0.300 e. The number of aromatic nitrogens is 2. The Morgan fingerprint density at radius 1 is 1.47 bits per heavy atom. The van der Waals surface area contributed by atoms with Crippen LogP contribution in [0, 0.1) is 24.0 Å². The lowest BCUT2D eigenvalue weighted by atomic mass is 10.0. The Morgan fingerprint density at radius 2 is 2.13 bits per heavy atom. The Kier molecular flexibility index (Phi) is 1.85. The molecule has 0 spiro atoms. The molecule has 0 aliphatic carbocycles. The van der Waals surface area contributed by atoms with Crippen LogP contribution in [-0.4, -0.2) is 14.9 Å². The SMILES string of the molecule is Cc1c(C)c(N)c2[nH]cnc2c1[N+](=O)[O-]. The van der Waals surface area contributed by atoms with Gasteiger partial charge >= 0.3 is 0 Å². The molecule has 15 heavy (non-hydrogen) atoms. The van der Waals surface area contributed by atoms with Crippen LogP contribution >= 0.6 is 0 Å². The van der Waals surface area contributed by atoms with E-state index in [1.54, 1.807) is 13.8 Å². The summed E-state index contributed by atoms with van der Waals surface area (Å²) in [4.78, 5) is 17.2. The van der Waals surface area contributed by atoms with Gasteiger partial charge < -0.3 is 10.7 Å². The molecular formula is C9H10N4O2. The molecule has 0 saturated heterocycles. The van der Waals surface area contributed by atoms with Gasteiger partial charge in [-0.2, -0.15) is 0 Å². The molecule has 0 atom stereocenters. The van der Waals surface area contributed by atoms with Gasteiger partial charge in [0, 0.05) is 5.56 Å². The van der Waals surface area contributed by atoms with Crippen molar-refractivity contribution in [3.63, 3.8) is 0 Å². The van der Waals surface area contributed by atoms with Crippen LogP contribution in [0.15, 0.2) is 6.33 Å². The highest BCUT2D eigenvalue weighted by molar-refractivity contribution is 5.96. The third-order valence-electron chi connectivity index (χ3n) is 2.64. The quantitative estimate of drug-likeness (QED) is 0.421. The van der Waals surface area contributed by atoms with Crippen LogP contribution in [0.25, 0.3) is 11.0 Å². The first-order chi connectivity index (χ1) is 7.04. The molecule has 0 radical (unpaired) electrons. The molecule has 3 N–H and O–H groups in total. The molecule has 0 amide bonds. The molecule has 0 fully saturated rings. The number of H-pyrrole nitrogens is 1. The monoisotopic (exact) mass is 206 g/mol. The molecule has 1 aromatic heterocycles. The first kappa shape index (κ1) is 9.45. The number of nitrogen functional groups attached to an aromatic ring is 1. The van der Waals surface area contributed by atoms with Crippen LogP contribution in [-0.2, 0) is 0 Å². The van der Waals surface area contributed by atoms with Gasteiger partial charge in [-0.15, -0.1) is 0 Å². The number of imidazole rings is 1. The zero-order chi connectivity index (χ0) is 11.2. The van der Waals surface area contributed by atoms with E-state index in [9.17, 15) is 10.1 Å². The summed E-state index contributed by atoms with van der Waals surface area (Å²) in [5.74, 6) is 0. The average Bonchev–Trinajstić information content (AvgIpc) is 2.62. The number of nitrogens with one attached hydrogen (secondary N) is 1. The van der Waals surface area contributed by atoms with Crippen LogP contribution in [0.2, 0.25) is 0 Å². The Bertz CT molecular complexity index is 559. The summed E-state index contributed by atoms with van der Waals surface area (Å²) in [7, 11) is 0. The van der Waals surface area contributed by atoms with Crippen LogP contribution in [0.3, 0.4) is 0 Å². The Morgan fingerprint density at radius 3 is 2.73 bits per heavy atom. The van der Waals surface area contributed by atoms with Crippen molar-refractivity contribution in [2.75, 3.05) is 5.73 Å². The highest BCUT2D eigenvalue weighted by Gasteiger charge is 2.22. The number of rotatable bonds is 1. The zero-order valence-electron chi connectivity index (χ0n) is 8.37. The summed E-state index contributed by atoms with van der Waals surface area (Å²) in [6, 6.07) is 0. The topological polar surface area (TPSA) is 97.8 Å². The molecule has 6 nitrogen and oxygen atoms in total. The maximum absolute atomic E-state index is 10.9. The van der Waals surface area contributed by atoms with Gasteiger partial charge in [-0.3, -0.25) is 10.1 Å². The molecule has 2 rings (SSSR count). The van der Waals surface area contributed by atoms with Crippen molar-refractivity contribution in [1.82, 2.24) is 9.97 Å². The lowest BCUT2D eigenvalue weighted by Crippen LogP contribution is -2.00. The number of hydrogen-bond donors (Lipinski definition) is 2. The molecule has 78 valence electrons. The second-order valence-corrected chi connectivity index (χ2v) is 3.40. The minimum absolute atomic E-state index is 0.0259. The van der Waals surface area contributed by atoms with Gasteiger partial charge in [0.15, 0.2) is 5.52 Å². The summed E-state index contributed by atoms with van der Waals surface area (Å²) in [6.45, 7) is 3.44. The molecule has 6 heteroatoms. The normalized spacial score (nSPS) is 10.8. The van der Waals surface area contributed by atoms with Gasteiger partial charge in [-0.25, -0.2) is 4.98 Å². The number of nitrogens with two attached hydrogens (primary N) is 1. The van der Waals surface area contributed by atoms with E-state index < -0.39 is 4.92 Å². The van der Waals surface area contributed by atoms with E-state index in [-0.39, 0.29) is 5.69 Å². The van der Waals surface area contributed by atoms with E-state index in [0.29, 0.717) is 22.3 Å². The number of aromatic amines is 1. The lowest BCUT2D eigenvalue weighted by Gasteiger charge is -2.06. The fraction of sp³-hybridized carbons (Fsp3) is 0.222. The Balaban J connectivity index is 3.01. The van der Waals surface area contributed by atoms with Gasteiger partial charge in [-0.1, -0.05) is 0 Å². The first-order valence-electron chi connectivity index (χ1n) is 4.40. The van der Waals surface area contributed by atoms with E-state index in [4.69, 9.17) is 5.73 Å². The van der Waals surface area contributed by atoms with Gasteiger partial charge in [0.05, 0.1) is 22.5 Å². The van der Waals surface area contributed by atoms with E-state index in [0.717, 1.165) is 5.56 Å². The molecule has 1 heterocycles. The summed E-state index contributed by atoms with van der Waals surface area (Å²) in [5, 5.41) is 10.9. The molecular weight excluding hydrogens is 196 g/mol. The third-order valence-corrected chi connectivity index (χ3v) is 2.64.